The molecule has 0 spiro atoms. The van der Waals surface area contributed by atoms with Crippen molar-refractivity contribution in [2.24, 2.45) is 0 Å². The van der Waals surface area contributed by atoms with E-state index >= 15 is 0 Å². The zero-order valence-corrected chi connectivity index (χ0v) is 13.9. The molecule has 124 valence electrons. The van der Waals surface area contributed by atoms with Gasteiger partial charge in [-0.15, -0.1) is 0 Å². The summed E-state index contributed by atoms with van der Waals surface area (Å²) in [4.78, 5) is 8.80. The topological polar surface area (TPSA) is 86.2 Å². The van der Waals surface area contributed by atoms with Crippen LogP contribution in [0.4, 0.5) is 5.82 Å². The van der Waals surface area contributed by atoms with Gasteiger partial charge in [-0.1, -0.05) is 18.2 Å². The van der Waals surface area contributed by atoms with Gasteiger partial charge in [0.05, 0.1) is 17.7 Å². The second-order valence-corrected chi connectivity index (χ2v) is 5.90. The number of hydrogen-bond acceptors (Lipinski definition) is 5. The number of anilines is 1. The molecule has 2 aromatic heterocycles. The van der Waals surface area contributed by atoms with Crippen LogP contribution in [0.1, 0.15) is 26.6 Å². The molecule has 0 saturated carbocycles. The molecule has 2 heterocycles. The van der Waals surface area contributed by atoms with Crippen molar-refractivity contribution in [2.75, 3.05) is 12.3 Å². The van der Waals surface area contributed by atoms with Gasteiger partial charge in [0.15, 0.2) is 5.82 Å². The number of nitrogens with two attached hydrogens (primary N) is 1. The molecule has 2 aromatic rings. The van der Waals surface area contributed by atoms with Crippen LogP contribution in [0.25, 0.3) is 11.0 Å². The Labute approximate surface area is 136 Å². The molecule has 0 bridgehead atoms. The van der Waals surface area contributed by atoms with E-state index in [0.29, 0.717) is 36.9 Å². The average molecular weight is 316 g/mol. The second-order valence-electron chi connectivity index (χ2n) is 5.90. The smallest absolute Gasteiger partial charge is 0.151 e. The Morgan fingerprint density at radius 3 is 2.70 bits per heavy atom. The maximum atomic E-state index is 10.2. The lowest BCUT2D eigenvalue weighted by molar-refractivity contribution is 0.0582. The van der Waals surface area contributed by atoms with E-state index in [1.807, 2.05) is 35.8 Å². The van der Waals surface area contributed by atoms with E-state index in [2.05, 4.69) is 9.97 Å². The fourth-order valence-corrected chi connectivity index (χ4v) is 2.25. The van der Waals surface area contributed by atoms with Crippen molar-refractivity contribution in [3.63, 3.8) is 0 Å². The summed E-state index contributed by atoms with van der Waals surface area (Å²) in [6.45, 7) is 6.77. The summed E-state index contributed by atoms with van der Waals surface area (Å²) in [5, 5.41) is 10.2. The first-order chi connectivity index (χ1) is 10.9. The summed E-state index contributed by atoms with van der Waals surface area (Å²) in [5.41, 5.74) is 6.59. The SMILES string of the molecule is CCOCc1nc2c(N)nccccccc2n1CC(C)(C)O. The van der Waals surface area contributed by atoms with Gasteiger partial charge in [0.2, 0.25) is 0 Å². The molecule has 0 atom stereocenters. The molecular formula is C17H24N4O2. The molecule has 6 heteroatoms. The highest BCUT2D eigenvalue weighted by Crippen LogP contribution is 2.21. The van der Waals surface area contributed by atoms with Crippen molar-refractivity contribution in [2.45, 2.75) is 39.5 Å². The number of imidazole rings is 1. The minimum atomic E-state index is -0.889. The number of nitrogens with zero attached hydrogens (tertiary/aromatic N) is 3. The largest absolute Gasteiger partial charge is 0.389 e. The molecule has 0 fully saturated rings. The van der Waals surface area contributed by atoms with E-state index in [1.165, 1.54) is 0 Å². The third-order valence-electron chi connectivity index (χ3n) is 3.20. The number of aromatic nitrogens is 3. The van der Waals surface area contributed by atoms with Crippen molar-refractivity contribution in [3.8, 4) is 0 Å². The van der Waals surface area contributed by atoms with Crippen LogP contribution in [0.5, 0.6) is 0 Å². The van der Waals surface area contributed by atoms with E-state index in [4.69, 9.17) is 10.5 Å². The molecule has 0 aliphatic rings. The van der Waals surface area contributed by atoms with Gasteiger partial charge in [0, 0.05) is 12.8 Å². The molecular weight excluding hydrogens is 292 g/mol. The number of fused-ring (bicyclic) bond motifs is 1. The maximum absolute atomic E-state index is 10.2. The second kappa shape index (κ2) is 7.39. The normalized spacial score (nSPS) is 11.5. The van der Waals surface area contributed by atoms with Crippen molar-refractivity contribution >= 4 is 16.9 Å². The van der Waals surface area contributed by atoms with Crippen LogP contribution in [-0.2, 0) is 17.9 Å². The highest BCUT2D eigenvalue weighted by atomic mass is 16.5. The van der Waals surface area contributed by atoms with Crippen LogP contribution in [0.2, 0.25) is 0 Å². The van der Waals surface area contributed by atoms with Gasteiger partial charge in [-0.2, -0.15) is 0 Å². The fourth-order valence-electron chi connectivity index (χ4n) is 2.25. The van der Waals surface area contributed by atoms with E-state index in [-0.39, 0.29) is 0 Å². The molecule has 0 amide bonds. The number of ether oxygens (including phenoxy) is 1. The van der Waals surface area contributed by atoms with Crippen LogP contribution in [0.3, 0.4) is 0 Å². The summed E-state index contributed by atoms with van der Waals surface area (Å²) in [5.74, 6) is 1.05. The highest BCUT2D eigenvalue weighted by molar-refractivity contribution is 5.84. The van der Waals surface area contributed by atoms with E-state index in [9.17, 15) is 5.11 Å². The van der Waals surface area contributed by atoms with E-state index < -0.39 is 5.60 Å². The summed E-state index contributed by atoms with van der Waals surface area (Å²) < 4.78 is 7.44. The predicted molar refractivity (Wildman–Crippen MR) is 91.2 cm³/mol. The number of hydrogen-bond donors (Lipinski definition) is 2. The van der Waals surface area contributed by atoms with Crippen molar-refractivity contribution < 1.29 is 9.84 Å². The molecule has 0 unspecified atom stereocenters. The van der Waals surface area contributed by atoms with Gasteiger partial charge in [-0.25, -0.2) is 9.97 Å². The Balaban J connectivity index is 2.73. The minimum Gasteiger partial charge on any atom is -0.389 e. The van der Waals surface area contributed by atoms with Gasteiger partial charge in [0.25, 0.3) is 0 Å². The lowest BCUT2D eigenvalue weighted by Gasteiger charge is -2.20. The van der Waals surface area contributed by atoms with E-state index in [1.54, 1.807) is 26.1 Å². The van der Waals surface area contributed by atoms with Gasteiger partial charge >= 0.3 is 0 Å². The molecule has 3 N–H and O–H groups in total. The van der Waals surface area contributed by atoms with Crippen molar-refractivity contribution in [1.29, 1.82) is 0 Å². The third-order valence-corrected chi connectivity index (χ3v) is 3.20. The van der Waals surface area contributed by atoms with Gasteiger partial charge in [-0.3, -0.25) is 0 Å². The number of rotatable bonds is 5. The maximum Gasteiger partial charge on any atom is 0.151 e. The van der Waals surface area contributed by atoms with E-state index in [0.717, 1.165) is 5.52 Å². The Hall–Kier alpha value is -2.18. The Kier molecular flexibility index (Phi) is 5.52. The molecule has 0 radical (unpaired) electrons. The highest BCUT2D eigenvalue weighted by Gasteiger charge is 2.19. The first kappa shape index (κ1) is 17.2. The minimum absolute atomic E-state index is 0.337. The number of nitrogen functional groups attached to an aromatic ring is 1. The monoisotopic (exact) mass is 316 g/mol. The lowest BCUT2D eigenvalue weighted by Crippen LogP contribution is -2.27. The summed E-state index contributed by atoms with van der Waals surface area (Å²) in [7, 11) is 0. The fraction of sp³-hybridized carbons (Fsp3) is 0.412. The summed E-state index contributed by atoms with van der Waals surface area (Å²) in [6.07, 6.45) is 1.63. The zero-order valence-electron chi connectivity index (χ0n) is 13.9. The first-order valence-electron chi connectivity index (χ1n) is 7.65. The zero-order chi connectivity index (χ0) is 16.9. The van der Waals surface area contributed by atoms with Crippen LogP contribution >= 0.6 is 0 Å². The van der Waals surface area contributed by atoms with Gasteiger partial charge in [0.1, 0.15) is 17.9 Å². The van der Waals surface area contributed by atoms with Crippen LogP contribution in [0, 0.1) is 0 Å². The van der Waals surface area contributed by atoms with Gasteiger partial charge < -0.3 is 20.1 Å². The number of aliphatic hydroxyl groups is 1. The van der Waals surface area contributed by atoms with Crippen LogP contribution in [0.15, 0.2) is 36.5 Å². The average Bonchev–Trinajstić information content (AvgIpc) is 2.80. The molecule has 0 aliphatic carbocycles. The molecule has 0 aliphatic heterocycles. The van der Waals surface area contributed by atoms with Gasteiger partial charge in [-0.05, 0) is 32.9 Å². The Morgan fingerprint density at radius 1 is 1.26 bits per heavy atom. The standard InChI is InChI=1S/C17H24N4O2/c1-4-23-11-14-20-15-13(21(14)12-17(2,3)22)9-7-5-6-8-10-19-16(15)18/h5-10,22H,4,11-12H2,1-3H3,(H2,18,19). The first-order valence-corrected chi connectivity index (χ1v) is 7.65. The molecule has 0 aromatic carbocycles. The summed E-state index contributed by atoms with van der Waals surface area (Å²) >= 11 is 0. The molecule has 2 rings (SSSR count). The van der Waals surface area contributed by atoms with Crippen LogP contribution in [-0.4, -0.2) is 31.8 Å². The lowest BCUT2D eigenvalue weighted by atomic mass is 10.1. The Bertz CT molecular complexity index is 718. The Morgan fingerprint density at radius 2 is 2.00 bits per heavy atom. The third kappa shape index (κ3) is 4.64. The summed E-state index contributed by atoms with van der Waals surface area (Å²) in [6, 6.07) is 9.41. The van der Waals surface area contributed by atoms with Crippen LogP contribution < -0.4 is 5.73 Å². The molecule has 6 nitrogen and oxygen atoms in total. The quantitative estimate of drug-likeness (QED) is 0.885. The predicted octanol–water partition coefficient (Wildman–Crippen LogP) is 2.45. The van der Waals surface area contributed by atoms with Crippen molar-refractivity contribution in [1.82, 2.24) is 14.5 Å². The van der Waals surface area contributed by atoms with Crippen molar-refractivity contribution in [3.05, 3.63) is 42.4 Å². The molecule has 23 heavy (non-hydrogen) atoms. The molecule has 0 saturated heterocycles.